The number of hydrogen-bond donors (Lipinski definition) is 0. The lowest BCUT2D eigenvalue weighted by atomic mass is 10.0. The molecule has 0 N–H and O–H groups in total. The molecule has 1 aliphatic carbocycles. The zero-order valence-electron chi connectivity index (χ0n) is 20.0. The highest BCUT2D eigenvalue weighted by atomic mass is 16.5. The average Bonchev–Trinajstić information content (AvgIpc) is 3.47. The van der Waals surface area contributed by atoms with Gasteiger partial charge in [-0.1, -0.05) is 12.1 Å². The monoisotopic (exact) mass is 470 g/mol. The van der Waals surface area contributed by atoms with Gasteiger partial charge in [0.1, 0.15) is 11.5 Å². The Bertz CT molecular complexity index is 1440. The highest BCUT2D eigenvalue weighted by Crippen LogP contribution is 2.38. The summed E-state index contributed by atoms with van der Waals surface area (Å²) >= 11 is 0. The number of rotatable bonds is 6. The van der Waals surface area contributed by atoms with E-state index in [4.69, 9.17) is 14.5 Å². The fourth-order valence-corrected chi connectivity index (χ4v) is 4.66. The van der Waals surface area contributed by atoms with Crippen molar-refractivity contribution in [1.29, 1.82) is 0 Å². The molecule has 9 heteroatoms. The normalized spacial score (nSPS) is 14.8. The Morgan fingerprint density at radius 3 is 2.71 bits per heavy atom. The number of aromatic nitrogens is 5. The van der Waals surface area contributed by atoms with Gasteiger partial charge in [0.2, 0.25) is 0 Å². The largest absolute Gasteiger partial charge is 0.478 e. The van der Waals surface area contributed by atoms with E-state index in [2.05, 4.69) is 21.1 Å². The van der Waals surface area contributed by atoms with Crippen LogP contribution < -0.4 is 9.64 Å². The third kappa shape index (κ3) is 3.91. The van der Waals surface area contributed by atoms with Crippen molar-refractivity contribution in [1.82, 2.24) is 24.7 Å². The predicted molar refractivity (Wildman–Crippen MR) is 129 cm³/mol. The Kier molecular flexibility index (Phi) is 5.21. The Balaban J connectivity index is 1.38. The minimum atomic E-state index is -0.217. The van der Waals surface area contributed by atoms with Gasteiger partial charge in [0.15, 0.2) is 0 Å². The standard InChI is InChI=1S/C26H26N6O3/c1-15-20-13-35-14-21(20)19-7-4-16(8-22(19)29-15)11-32(23-12-31(2)30-25(23)34-3)26(33)18-9-27-24(28-10-18)17-5-6-17/h4,7-10,12,17H,5-6,11,13-14H2,1-3H3. The molecule has 6 rings (SSSR count). The Labute approximate surface area is 202 Å². The van der Waals surface area contributed by atoms with Gasteiger partial charge in [0, 0.05) is 42.0 Å². The van der Waals surface area contributed by atoms with E-state index in [1.807, 2.05) is 19.1 Å². The lowest BCUT2D eigenvalue weighted by molar-refractivity contribution is 0.0983. The maximum atomic E-state index is 13.7. The van der Waals surface area contributed by atoms with Crippen LogP contribution in [-0.4, -0.2) is 37.7 Å². The highest BCUT2D eigenvalue weighted by molar-refractivity contribution is 6.06. The summed E-state index contributed by atoms with van der Waals surface area (Å²) < 4.78 is 12.8. The highest BCUT2D eigenvalue weighted by Gasteiger charge is 2.28. The van der Waals surface area contributed by atoms with Gasteiger partial charge in [0.25, 0.3) is 11.8 Å². The lowest BCUT2D eigenvalue weighted by Crippen LogP contribution is -2.31. The van der Waals surface area contributed by atoms with Crippen molar-refractivity contribution < 1.29 is 14.3 Å². The molecule has 0 bridgehead atoms. The molecule has 1 fully saturated rings. The van der Waals surface area contributed by atoms with Crippen LogP contribution in [-0.2, 0) is 31.5 Å². The summed E-state index contributed by atoms with van der Waals surface area (Å²) in [5.74, 6) is 1.39. The van der Waals surface area contributed by atoms with Gasteiger partial charge < -0.3 is 9.47 Å². The van der Waals surface area contributed by atoms with Crippen LogP contribution in [0.5, 0.6) is 5.88 Å². The number of aryl methyl sites for hydroxylation is 2. The molecule has 3 aromatic heterocycles. The van der Waals surface area contributed by atoms with Crippen LogP contribution in [0, 0.1) is 6.92 Å². The first-order valence-corrected chi connectivity index (χ1v) is 11.7. The molecule has 0 unspecified atom stereocenters. The second-order valence-electron chi connectivity index (χ2n) is 9.19. The maximum Gasteiger partial charge on any atom is 0.261 e. The molecule has 9 nitrogen and oxygen atoms in total. The van der Waals surface area contributed by atoms with Crippen LogP contribution in [0.25, 0.3) is 10.9 Å². The Hall–Kier alpha value is -3.85. The number of methoxy groups -OCH3 is 1. The van der Waals surface area contributed by atoms with Gasteiger partial charge in [0.05, 0.1) is 44.1 Å². The Morgan fingerprint density at radius 1 is 1.20 bits per heavy atom. The molecular weight excluding hydrogens is 444 g/mol. The number of amides is 1. The van der Waals surface area contributed by atoms with Gasteiger partial charge in [-0.25, -0.2) is 9.97 Å². The van der Waals surface area contributed by atoms with Crippen molar-refractivity contribution in [2.75, 3.05) is 12.0 Å². The molecule has 4 aromatic rings. The van der Waals surface area contributed by atoms with Crippen molar-refractivity contribution in [3.05, 3.63) is 70.6 Å². The first-order chi connectivity index (χ1) is 17.0. The van der Waals surface area contributed by atoms with Crippen molar-refractivity contribution in [3.63, 3.8) is 0 Å². The average molecular weight is 471 g/mol. The third-order valence-corrected chi connectivity index (χ3v) is 6.68. The number of carbonyl (C=O) groups excluding carboxylic acids is 1. The molecule has 1 saturated carbocycles. The number of carbonyl (C=O) groups is 1. The second kappa shape index (κ2) is 8.42. The molecule has 0 atom stereocenters. The summed E-state index contributed by atoms with van der Waals surface area (Å²) in [5, 5.41) is 5.45. The van der Waals surface area contributed by atoms with E-state index in [1.165, 1.54) is 11.1 Å². The fourth-order valence-electron chi connectivity index (χ4n) is 4.66. The number of fused-ring (bicyclic) bond motifs is 3. The van der Waals surface area contributed by atoms with E-state index in [9.17, 15) is 4.79 Å². The minimum absolute atomic E-state index is 0.217. The predicted octanol–water partition coefficient (Wildman–Crippen LogP) is 3.83. The molecule has 0 spiro atoms. The van der Waals surface area contributed by atoms with E-state index in [0.717, 1.165) is 40.8 Å². The zero-order chi connectivity index (χ0) is 24.1. The van der Waals surface area contributed by atoms with E-state index in [1.54, 1.807) is 42.3 Å². The number of ether oxygens (including phenoxy) is 2. The molecule has 1 aromatic carbocycles. The minimum Gasteiger partial charge on any atom is -0.478 e. The van der Waals surface area contributed by atoms with Crippen molar-refractivity contribution >= 4 is 22.5 Å². The quantitative estimate of drug-likeness (QED) is 0.423. The van der Waals surface area contributed by atoms with Crippen LogP contribution in [0.4, 0.5) is 5.69 Å². The van der Waals surface area contributed by atoms with Gasteiger partial charge in [-0.15, -0.1) is 5.10 Å². The Morgan fingerprint density at radius 2 is 1.97 bits per heavy atom. The first-order valence-electron chi connectivity index (χ1n) is 11.7. The summed E-state index contributed by atoms with van der Waals surface area (Å²) in [7, 11) is 3.35. The fraction of sp³-hybridized carbons (Fsp3) is 0.346. The molecule has 35 heavy (non-hydrogen) atoms. The molecule has 4 heterocycles. The third-order valence-electron chi connectivity index (χ3n) is 6.68. The van der Waals surface area contributed by atoms with Gasteiger partial charge >= 0.3 is 0 Å². The maximum absolute atomic E-state index is 13.7. The summed E-state index contributed by atoms with van der Waals surface area (Å²) in [5.41, 5.74) is 6.20. The van der Waals surface area contributed by atoms with E-state index in [-0.39, 0.29) is 5.91 Å². The van der Waals surface area contributed by atoms with Crippen molar-refractivity contribution in [2.45, 2.75) is 45.4 Å². The van der Waals surface area contributed by atoms with Crippen LogP contribution >= 0.6 is 0 Å². The van der Waals surface area contributed by atoms with Crippen molar-refractivity contribution in [3.8, 4) is 5.88 Å². The number of hydrogen-bond acceptors (Lipinski definition) is 7. The molecule has 2 aliphatic rings. The topological polar surface area (TPSA) is 95.3 Å². The smallest absolute Gasteiger partial charge is 0.261 e. The molecule has 1 aliphatic heterocycles. The van der Waals surface area contributed by atoms with E-state index in [0.29, 0.717) is 42.8 Å². The zero-order valence-corrected chi connectivity index (χ0v) is 20.0. The summed E-state index contributed by atoms with van der Waals surface area (Å²) in [6, 6.07) is 6.14. The van der Waals surface area contributed by atoms with Gasteiger partial charge in [-0.2, -0.15) is 0 Å². The van der Waals surface area contributed by atoms with Crippen LogP contribution in [0.15, 0.2) is 36.8 Å². The summed E-state index contributed by atoms with van der Waals surface area (Å²) in [4.78, 5) is 29.1. The number of benzene rings is 1. The van der Waals surface area contributed by atoms with Crippen LogP contribution in [0.2, 0.25) is 0 Å². The summed E-state index contributed by atoms with van der Waals surface area (Å²) in [6.45, 7) is 3.54. The van der Waals surface area contributed by atoms with Crippen LogP contribution in [0.3, 0.4) is 0 Å². The van der Waals surface area contributed by atoms with Gasteiger partial charge in [-0.3, -0.25) is 19.4 Å². The number of pyridine rings is 1. The van der Waals surface area contributed by atoms with E-state index >= 15 is 0 Å². The SMILES string of the molecule is COc1nn(C)cc1N(Cc1ccc2c3c(c(C)nc2c1)COC3)C(=O)c1cnc(C2CC2)nc1. The molecule has 0 radical (unpaired) electrons. The van der Waals surface area contributed by atoms with Crippen LogP contribution in [0.1, 0.15) is 57.3 Å². The first kappa shape index (κ1) is 21.7. The molecule has 1 amide bonds. The molecule has 178 valence electrons. The lowest BCUT2D eigenvalue weighted by Gasteiger charge is -2.22. The number of nitrogens with zero attached hydrogens (tertiary/aromatic N) is 6. The van der Waals surface area contributed by atoms with Gasteiger partial charge in [-0.05, 0) is 37.0 Å². The summed E-state index contributed by atoms with van der Waals surface area (Å²) in [6.07, 6.45) is 7.24. The molecule has 0 saturated heterocycles. The van der Waals surface area contributed by atoms with Crippen molar-refractivity contribution in [2.24, 2.45) is 7.05 Å². The number of anilines is 1. The second-order valence-corrected chi connectivity index (χ2v) is 9.19. The molecular formula is C26H26N6O3. The van der Waals surface area contributed by atoms with E-state index < -0.39 is 0 Å².